The van der Waals surface area contributed by atoms with Crippen molar-refractivity contribution in [3.8, 4) is 0 Å². The summed E-state index contributed by atoms with van der Waals surface area (Å²) in [6.07, 6.45) is 1.82. The highest BCUT2D eigenvalue weighted by Crippen LogP contribution is 2.09. The third-order valence-electron chi connectivity index (χ3n) is 2.35. The van der Waals surface area contributed by atoms with Crippen molar-refractivity contribution in [2.45, 2.75) is 20.4 Å². The lowest BCUT2D eigenvalue weighted by Gasteiger charge is -2.22. The van der Waals surface area contributed by atoms with E-state index in [9.17, 15) is 0 Å². The van der Waals surface area contributed by atoms with E-state index in [1.54, 1.807) is 11.3 Å². The van der Waals surface area contributed by atoms with Crippen LogP contribution in [-0.2, 0) is 6.54 Å². The minimum Gasteiger partial charge on any atom is -0.387 e. The predicted octanol–water partition coefficient (Wildman–Crippen LogP) is 1.54. The predicted molar refractivity (Wildman–Crippen MR) is 64.1 cm³/mol. The van der Waals surface area contributed by atoms with Gasteiger partial charge in [-0.3, -0.25) is 10.3 Å². The number of rotatable bonds is 6. The largest absolute Gasteiger partial charge is 0.387 e. The van der Waals surface area contributed by atoms with Gasteiger partial charge in [-0.1, -0.05) is 13.8 Å². The number of nitrogens with one attached hydrogen (secondary N) is 1. The minimum atomic E-state index is 0.116. The highest BCUT2D eigenvalue weighted by molar-refractivity contribution is 7.09. The first-order valence-corrected chi connectivity index (χ1v) is 5.96. The van der Waals surface area contributed by atoms with Gasteiger partial charge in [0.25, 0.3) is 0 Å². The Labute approximate surface area is 94.6 Å². The number of hydrogen-bond donors (Lipinski definition) is 2. The average Bonchev–Trinajstić information content (AvgIpc) is 2.69. The molecular weight excluding hydrogens is 208 g/mol. The molecule has 1 rings (SSSR count). The summed E-state index contributed by atoms with van der Waals surface area (Å²) in [5.41, 5.74) is 5.46. The first kappa shape index (κ1) is 12.1. The van der Waals surface area contributed by atoms with Crippen LogP contribution in [0.15, 0.2) is 11.6 Å². The van der Waals surface area contributed by atoms with Gasteiger partial charge >= 0.3 is 0 Å². The number of amidine groups is 1. The smallest absolute Gasteiger partial charge is 0.107 e. The fraction of sp³-hybridized carbons (Fsp3) is 0.600. The number of hydrogen-bond acceptors (Lipinski definition) is 4. The molecule has 0 radical (unpaired) electrons. The molecule has 0 aliphatic rings. The fourth-order valence-electron chi connectivity index (χ4n) is 1.31. The van der Waals surface area contributed by atoms with Gasteiger partial charge in [-0.05, 0) is 6.54 Å². The molecule has 0 aliphatic heterocycles. The maximum atomic E-state index is 7.36. The zero-order valence-electron chi connectivity index (χ0n) is 9.23. The molecule has 1 unspecified atom stereocenters. The van der Waals surface area contributed by atoms with Crippen molar-refractivity contribution in [1.82, 2.24) is 9.88 Å². The second-order valence-electron chi connectivity index (χ2n) is 3.61. The van der Waals surface area contributed by atoms with Crippen molar-refractivity contribution < 1.29 is 0 Å². The standard InChI is InChI=1S/C10H18N4S/c1-3-14(6-8(2)10(11)12)7-9-13-4-5-15-9/h4-5,8H,3,6-7H2,1-2H3,(H3,11,12). The Morgan fingerprint density at radius 3 is 2.93 bits per heavy atom. The van der Waals surface area contributed by atoms with Gasteiger partial charge < -0.3 is 5.73 Å². The van der Waals surface area contributed by atoms with Crippen LogP contribution in [0.1, 0.15) is 18.9 Å². The van der Waals surface area contributed by atoms with Crippen molar-refractivity contribution >= 4 is 17.2 Å². The summed E-state index contributed by atoms with van der Waals surface area (Å²) in [7, 11) is 0. The molecule has 0 aliphatic carbocycles. The van der Waals surface area contributed by atoms with E-state index in [1.165, 1.54) is 0 Å². The van der Waals surface area contributed by atoms with Crippen molar-refractivity contribution in [3.05, 3.63) is 16.6 Å². The van der Waals surface area contributed by atoms with Crippen LogP contribution in [0.25, 0.3) is 0 Å². The molecule has 0 bridgehead atoms. The normalized spacial score (nSPS) is 13.0. The quantitative estimate of drug-likeness (QED) is 0.571. The molecule has 0 spiro atoms. The second-order valence-corrected chi connectivity index (χ2v) is 4.59. The lowest BCUT2D eigenvalue weighted by Crippen LogP contribution is -2.34. The van der Waals surface area contributed by atoms with E-state index in [4.69, 9.17) is 11.1 Å². The highest BCUT2D eigenvalue weighted by atomic mass is 32.1. The first-order chi connectivity index (χ1) is 7.13. The maximum Gasteiger partial charge on any atom is 0.107 e. The van der Waals surface area contributed by atoms with Crippen LogP contribution in [0.3, 0.4) is 0 Å². The molecule has 84 valence electrons. The summed E-state index contributed by atoms with van der Waals surface area (Å²) in [4.78, 5) is 6.50. The lowest BCUT2D eigenvalue weighted by molar-refractivity contribution is 0.262. The van der Waals surface area contributed by atoms with Crippen molar-refractivity contribution in [3.63, 3.8) is 0 Å². The fourth-order valence-corrected chi connectivity index (χ4v) is 1.97. The molecule has 0 aromatic carbocycles. The molecule has 3 N–H and O–H groups in total. The average molecular weight is 226 g/mol. The summed E-state index contributed by atoms with van der Waals surface area (Å²) < 4.78 is 0. The van der Waals surface area contributed by atoms with Gasteiger partial charge in [-0.25, -0.2) is 4.98 Å². The Morgan fingerprint density at radius 1 is 1.73 bits per heavy atom. The van der Waals surface area contributed by atoms with E-state index < -0.39 is 0 Å². The Hall–Kier alpha value is -0.940. The molecule has 5 heteroatoms. The van der Waals surface area contributed by atoms with Gasteiger partial charge in [-0.15, -0.1) is 11.3 Å². The van der Waals surface area contributed by atoms with Crippen LogP contribution in [-0.4, -0.2) is 28.8 Å². The molecule has 1 heterocycles. The molecule has 4 nitrogen and oxygen atoms in total. The number of nitrogens with two attached hydrogens (primary N) is 1. The third kappa shape index (κ3) is 3.97. The zero-order chi connectivity index (χ0) is 11.3. The molecule has 0 fully saturated rings. The summed E-state index contributed by atoms with van der Waals surface area (Å²) in [5.74, 6) is 0.373. The van der Waals surface area contributed by atoms with Gasteiger partial charge in [-0.2, -0.15) is 0 Å². The van der Waals surface area contributed by atoms with Crippen LogP contribution in [0.2, 0.25) is 0 Å². The van der Waals surface area contributed by atoms with Crippen LogP contribution in [0.4, 0.5) is 0 Å². The molecule has 15 heavy (non-hydrogen) atoms. The second kappa shape index (κ2) is 5.82. The topological polar surface area (TPSA) is 66.0 Å². The molecule has 1 aromatic rings. The van der Waals surface area contributed by atoms with Crippen LogP contribution >= 0.6 is 11.3 Å². The molecule has 1 aromatic heterocycles. The highest BCUT2D eigenvalue weighted by Gasteiger charge is 2.12. The Morgan fingerprint density at radius 2 is 2.47 bits per heavy atom. The van der Waals surface area contributed by atoms with Gasteiger partial charge in [0.1, 0.15) is 5.01 Å². The molecule has 0 saturated heterocycles. The van der Waals surface area contributed by atoms with Crippen molar-refractivity contribution in [2.24, 2.45) is 11.7 Å². The van der Waals surface area contributed by atoms with Gasteiger partial charge in [0.2, 0.25) is 0 Å². The summed E-state index contributed by atoms with van der Waals surface area (Å²) >= 11 is 1.66. The van der Waals surface area contributed by atoms with Gasteiger partial charge in [0.05, 0.1) is 12.4 Å². The van der Waals surface area contributed by atoms with E-state index in [-0.39, 0.29) is 11.8 Å². The third-order valence-corrected chi connectivity index (χ3v) is 3.12. The molecule has 0 saturated carbocycles. The van der Waals surface area contributed by atoms with Crippen LogP contribution in [0.5, 0.6) is 0 Å². The van der Waals surface area contributed by atoms with Crippen LogP contribution < -0.4 is 5.73 Å². The number of nitrogens with zero attached hydrogens (tertiary/aromatic N) is 2. The summed E-state index contributed by atoms with van der Waals surface area (Å²) in [6.45, 7) is 6.72. The molecule has 0 amide bonds. The minimum absolute atomic E-state index is 0.116. The maximum absolute atomic E-state index is 7.36. The number of thiazole rings is 1. The monoisotopic (exact) mass is 226 g/mol. The lowest BCUT2D eigenvalue weighted by atomic mass is 10.1. The summed E-state index contributed by atoms with van der Waals surface area (Å²) in [5, 5.41) is 10.5. The summed E-state index contributed by atoms with van der Waals surface area (Å²) in [6, 6.07) is 0. The Kier molecular flexibility index (Phi) is 4.71. The number of aromatic nitrogens is 1. The van der Waals surface area contributed by atoms with Gasteiger partial charge in [0.15, 0.2) is 0 Å². The van der Waals surface area contributed by atoms with E-state index in [0.29, 0.717) is 0 Å². The Balaban J connectivity index is 2.46. The SMILES string of the molecule is CCN(Cc1nccs1)CC(C)C(=N)N. The molecular formula is C10H18N4S. The zero-order valence-corrected chi connectivity index (χ0v) is 10.0. The van der Waals surface area contributed by atoms with Crippen LogP contribution in [0, 0.1) is 11.3 Å². The van der Waals surface area contributed by atoms with E-state index in [1.807, 2.05) is 18.5 Å². The van der Waals surface area contributed by atoms with E-state index >= 15 is 0 Å². The van der Waals surface area contributed by atoms with Crippen molar-refractivity contribution in [2.75, 3.05) is 13.1 Å². The molecule has 1 atom stereocenters. The Bertz CT molecular complexity index is 296. The van der Waals surface area contributed by atoms with E-state index in [0.717, 1.165) is 24.6 Å². The first-order valence-electron chi connectivity index (χ1n) is 5.08. The van der Waals surface area contributed by atoms with Crippen molar-refractivity contribution in [1.29, 1.82) is 5.41 Å². The van der Waals surface area contributed by atoms with Gasteiger partial charge in [0, 0.05) is 24.0 Å². The van der Waals surface area contributed by atoms with E-state index in [2.05, 4.69) is 16.8 Å².